The molecule has 22 heavy (non-hydrogen) atoms. The fraction of sp³-hybridized carbons (Fsp3) is 0.389. The van der Waals surface area contributed by atoms with Crippen LogP contribution >= 0.6 is 11.3 Å². The fourth-order valence-electron chi connectivity index (χ4n) is 2.83. The third-order valence-electron chi connectivity index (χ3n) is 4.02. The van der Waals surface area contributed by atoms with Crippen molar-refractivity contribution in [2.45, 2.75) is 25.7 Å². The van der Waals surface area contributed by atoms with E-state index >= 15 is 0 Å². The Morgan fingerprint density at radius 1 is 1.23 bits per heavy atom. The van der Waals surface area contributed by atoms with Crippen LogP contribution < -0.4 is 10.6 Å². The van der Waals surface area contributed by atoms with Gasteiger partial charge in [-0.2, -0.15) is 0 Å². The standard InChI is InChI=1S/C18H23N3S/c1-2-19-18(20-10-9-16-7-5-11-22-16)21-13-15-12-14-6-3-4-8-17(14)15/h3-8,11,15H,2,9-10,12-13H2,1H3,(H2,19,20,21). The van der Waals surface area contributed by atoms with Gasteiger partial charge in [-0.25, -0.2) is 0 Å². The first kappa shape index (κ1) is 15.1. The van der Waals surface area contributed by atoms with Gasteiger partial charge in [-0.1, -0.05) is 30.3 Å². The summed E-state index contributed by atoms with van der Waals surface area (Å²) in [6.45, 7) is 4.79. The van der Waals surface area contributed by atoms with E-state index in [1.54, 1.807) is 0 Å². The minimum Gasteiger partial charge on any atom is -0.357 e. The second-order valence-electron chi connectivity index (χ2n) is 5.58. The van der Waals surface area contributed by atoms with E-state index in [0.29, 0.717) is 5.92 Å². The molecule has 0 saturated heterocycles. The lowest BCUT2D eigenvalue weighted by Crippen LogP contribution is -2.38. The number of nitrogens with one attached hydrogen (secondary N) is 2. The van der Waals surface area contributed by atoms with Gasteiger partial charge in [-0.3, -0.25) is 4.99 Å². The predicted molar refractivity (Wildman–Crippen MR) is 94.9 cm³/mol. The average Bonchev–Trinajstić information content (AvgIpc) is 3.01. The molecule has 0 saturated carbocycles. The molecule has 3 nitrogen and oxygen atoms in total. The number of fused-ring (bicyclic) bond motifs is 1. The summed E-state index contributed by atoms with van der Waals surface area (Å²) in [5.41, 5.74) is 2.96. The Hall–Kier alpha value is -1.81. The lowest BCUT2D eigenvalue weighted by molar-refractivity contribution is 0.614. The van der Waals surface area contributed by atoms with Gasteiger partial charge in [0.05, 0.1) is 0 Å². The Morgan fingerprint density at radius 2 is 2.14 bits per heavy atom. The molecule has 0 amide bonds. The van der Waals surface area contributed by atoms with Crippen LogP contribution in [0.15, 0.2) is 46.8 Å². The highest BCUT2D eigenvalue weighted by Gasteiger charge is 2.24. The van der Waals surface area contributed by atoms with E-state index in [-0.39, 0.29) is 0 Å². The highest BCUT2D eigenvalue weighted by molar-refractivity contribution is 7.09. The van der Waals surface area contributed by atoms with E-state index < -0.39 is 0 Å². The Labute approximate surface area is 136 Å². The quantitative estimate of drug-likeness (QED) is 0.635. The second-order valence-corrected chi connectivity index (χ2v) is 6.61. The van der Waals surface area contributed by atoms with Gasteiger partial charge in [0.25, 0.3) is 0 Å². The first-order valence-electron chi connectivity index (χ1n) is 7.99. The minimum atomic E-state index is 0.587. The van der Waals surface area contributed by atoms with E-state index in [9.17, 15) is 0 Å². The molecule has 1 aliphatic carbocycles. The lowest BCUT2D eigenvalue weighted by atomic mass is 9.78. The third-order valence-corrected chi connectivity index (χ3v) is 4.96. The molecule has 1 unspecified atom stereocenters. The van der Waals surface area contributed by atoms with Gasteiger partial charge in [0.1, 0.15) is 0 Å². The maximum absolute atomic E-state index is 4.75. The van der Waals surface area contributed by atoms with Crippen LogP contribution in [0.5, 0.6) is 0 Å². The van der Waals surface area contributed by atoms with Gasteiger partial charge in [0.15, 0.2) is 5.96 Å². The summed E-state index contributed by atoms with van der Waals surface area (Å²) in [7, 11) is 0. The van der Waals surface area contributed by atoms with Crippen LogP contribution in [0.3, 0.4) is 0 Å². The van der Waals surface area contributed by atoms with Crippen molar-refractivity contribution in [3.05, 3.63) is 57.8 Å². The highest BCUT2D eigenvalue weighted by Crippen LogP contribution is 2.34. The van der Waals surface area contributed by atoms with E-state index in [4.69, 9.17) is 4.99 Å². The zero-order valence-corrected chi connectivity index (χ0v) is 13.8. The Kier molecular flexibility index (Phi) is 5.11. The molecule has 2 N–H and O–H groups in total. The predicted octanol–water partition coefficient (Wildman–Crippen LogP) is 3.19. The van der Waals surface area contributed by atoms with Crippen molar-refractivity contribution in [1.29, 1.82) is 0 Å². The van der Waals surface area contributed by atoms with Crippen LogP contribution in [-0.4, -0.2) is 25.6 Å². The summed E-state index contributed by atoms with van der Waals surface area (Å²) in [6, 6.07) is 13.0. The summed E-state index contributed by atoms with van der Waals surface area (Å²) in [5, 5.41) is 8.89. The largest absolute Gasteiger partial charge is 0.357 e. The topological polar surface area (TPSA) is 36.4 Å². The molecule has 0 bridgehead atoms. The summed E-state index contributed by atoms with van der Waals surface area (Å²) in [6.07, 6.45) is 2.21. The Morgan fingerprint density at radius 3 is 2.91 bits per heavy atom. The summed E-state index contributed by atoms with van der Waals surface area (Å²) in [4.78, 5) is 6.16. The molecule has 2 aromatic rings. The molecule has 3 rings (SSSR count). The number of rotatable bonds is 6. The number of thiophene rings is 1. The first-order valence-corrected chi connectivity index (χ1v) is 8.87. The van der Waals surface area contributed by atoms with Crippen LogP contribution in [0.1, 0.15) is 28.8 Å². The molecule has 1 aromatic carbocycles. The van der Waals surface area contributed by atoms with E-state index in [2.05, 4.69) is 59.3 Å². The summed E-state index contributed by atoms with van der Waals surface area (Å²) >= 11 is 1.81. The molecule has 0 radical (unpaired) electrons. The minimum absolute atomic E-state index is 0.587. The number of hydrogen-bond donors (Lipinski definition) is 2. The first-order chi connectivity index (χ1) is 10.9. The smallest absolute Gasteiger partial charge is 0.191 e. The molecular formula is C18H23N3S. The van der Waals surface area contributed by atoms with E-state index in [0.717, 1.165) is 38.4 Å². The maximum atomic E-state index is 4.75. The molecule has 1 aliphatic rings. The van der Waals surface area contributed by atoms with Crippen LogP contribution in [-0.2, 0) is 12.8 Å². The summed E-state index contributed by atoms with van der Waals surface area (Å²) in [5.74, 6) is 1.52. The van der Waals surface area contributed by atoms with Gasteiger partial charge in [0, 0.05) is 30.4 Å². The van der Waals surface area contributed by atoms with Crippen LogP contribution in [0.25, 0.3) is 0 Å². The molecule has 0 aliphatic heterocycles. The van der Waals surface area contributed by atoms with Crippen LogP contribution in [0.2, 0.25) is 0 Å². The molecule has 1 atom stereocenters. The molecule has 116 valence electrons. The Bertz CT molecular complexity index is 619. The van der Waals surface area contributed by atoms with Gasteiger partial charge >= 0.3 is 0 Å². The van der Waals surface area contributed by atoms with Gasteiger partial charge in [0.2, 0.25) is 0 Å². The fourth-order valence-corrected chi connectivity index (χ4v) is 3.54. The maximum Gasteiger partial charge on any atom is 0.191 e. The molecular weight excluding hydrogens is 290 g/mol. The zero-order valence-electron chi connectivity index (χ0n) is 13.0. The highest BCUT2D eigenvalue weighted by atomic mass is 32.1. The average molecular weight is 313 g/mol. The van der Waals surface area contributed by atoms with Gasteiger partial charge in [-0.15, -0.1) is 11.3 Å². The molecule has 4 heteroatoms. The van der Waals surface area contributed by atoms with Crippen molar-refractivity contribution in [3.63, 3.8) is 0 Å². The monoisotopic (exact) mass is 313 g/mol. The van der Waals surface area contributed by atoms with Crippen molar-refractivity contribution in [1.82, 2.24) is 10.6 Å². The Balaban J connectivity index is 1.50. The van der Waals surface area contributed by atoms with Gasteiger partial charge < -0.3 is 10.6 Å². The second kappa shape index (κ2) is 7.45. The van der Waals surface area contributed by atoms with E-state index in [1.807, 2.05) is 11.3 Å². The van der Waals surface area contributed by atoms with Gasteiger partial charge in [-0.05, 0) is 42.3 Å². The number of guanidine groups is 1. The van der Waals surface area contributed by atoms with Crippen molar-refractivity contribution in [2.75, 3.05) is 19.6 Å². The molecule has 1 heterocycles. The molecule has 0 fully saturated rings. The van der Waals surface area contributed by atoms with Crippen molar-refractivity contribution < 1.29 is 0 Å². The molecule has 0 spiro atoms. The number of hydrogen-bond acceptors (Lipinski definition) is 2. The molecule has 1 aromatic heterocycles. The SMILES string of the molecule is CCNC(=NCC1Cc2ccccc21)NCCc1cccs1. The van der Waals surface area contributed by atoms with Crippen molar-refractivity contribution >= 4 is 17.3 Å². The zero-order chi connectivity index (χ0) is 15.2. The van der Waals surface area contributed by atoms with E-state index in [1.165, 1.54) is 16.0 Å². The number of nitrogens with zero attached hydrogens (tertiary/aromatic N) is 1. The normalized spacial score (nSPS) is 16.8. The summed E-state index contributed by atoms with van der Waals surface area (Å²) < 4.78 is 0. The number of aliphatic imine (C=N–C) groups is 1. The van der Waals surface area contributed by atoms with Crippen molar-refractivity contribution in [3.8, 4) is 0 Å². The number of benzene rings is 1. The van der Waals surface area contributed by atoms with Crippen molar-refractivity contribution in [2.24, 2.45) is 4.99 Å². The third kappa shape index (κ3) is 3.69. The van der Waals surface area contributed by atoms with Crippen LogP contribution in [0.4, 0.5) is 0 Å². The van der Waals surface area contributed by atoms with Crippen LogP contribution in [0, 0.1) is 0 Å². The lowest BCUT2D eigenvalue weighted by Gasteiger charge is -2.28.